The van der Waals surface area contributed by atoms with E-state index in [9.17, 15) is 9.59 Å². The van der Waals surface area contributed by atoms with E-state index in [1.165, 1.54) is 128 Å². The molecule has 2 rings (SSSR count). The molecule has 8 nitrogen and oxygen atoms in total. The van der Waals surface area contributed by atoms with Crippen LogP contribution in [0.15, 0.2) is 48.5 Å². The maximum Gasteiger partial charge on any atom is 0.320 e. The van der Waals surface area contributed by atoms with Crippen molar-refractivity contribution in [3.8, 4) is 0 Å². The minimum absolute atomic E-state index is 0.163. The Bertz CT molecular complexity index is 1050. The second-order valence-electron chi connectivity index (χ2n) is 15.0. The van der Waals surface area contributed by atoms with E-state index in [2.05, 4.69) is 83.0 Å². The molecule has 0 spiro atoms. The summed E-state index contributed by atoms with van der Waals surface area (Å²) < 4.78 is 0. The summed E-state index contributed by atoms with van der Waals surface area (Å²) in [5.41, 5.74) is 3.90. The molecule has 2 aromatic rings. The second-order valence-corrected chi connectivity index (χ2v) is 15.0. The molecule has 0 heterocycles. The third kappa shape index (κ3) is 24.0. The van der Waals surface area contributed by atoms with Crippen LogP contribution in [0.2, 0.25) is 0 Å². The normalized spacial score (nSPS) is 11.3. The number of amides is 4. The van der Waals surface area contributed by atoms with Crippen molar-refractivity contribution in [2.75, 3.05) is 50.1 Å². The number of nitrogens with one attached hydrogen (secondary N) is 4. The third-order valence-corrected chi connectivity index (χ3v) is 10.1. The van der Waals surface area contributed by atoms with Crippen LogP contribution in [0.5, 0.6) is 0 Å². The van der Waals surface area contributed by atoms with Gasteiger partial charge in [0, 0.05) is 11.4 Å². The van der Waals surface area contributed by atoms with Crippen molar-refractivity contribution in [2.24, 2.45) is 0 Å². The molecule has 0 unspecified atom stereocenters. The van der Waals surface area contributed by atoms with Gasteiger partial charge in [-0.2, -0.15) is 0 Å². The van der Waals surface area contributed by atoms with E-state index in [-0.39, 0.29) is 12.1 Å². The van der Waals surface area contributed by atoms with Crippen molar-refractivity contribution < 1.29 is 9.59 Å². The number of carbonyl (C=O) groups excluding carboxylic acids is 2. The summed E-state index contributed by atoms with van der Waals surface area (Å²) in [6.07, 6.45) is 26.0. The lowest BCUT2D eigenvalue weighted by molar-refractivity contribution is 0.223. The molecular formula is C45H78N6O2. The summed E-state index contributed by atoms with van der Waals surface area (Å²) in [5, 5.41) is 12.2. The smallest absolute Gasteiger partial charge is 0.320 e. The van der Waals surface area contributed by atoms with Crippen molar-refractivity contribution in [3.05, 3.63) is 59.7 Å². The Labute approximate surface area is 325 Å². The molecule has 0 saturated heterocycles. The van der Waals surface area contributed by atoms with Crippen LogP contribution in [0, 0.1) is 0 Å². The zero-order valence-corrected chi connectivity index (χ0v) is 34.4. The van der Waals surface area contributed by atoms with Gasteiger partial charge in [0.15, 0.2) is 0 Å². The highest BCUT2D eigenvalue weighted by Crippen LogP contribution is 2.17. The molecule has 0 fully saturated rings. The SMILES string of the molecule is CCCCCCCN(CCCCCCC)CNC(=O)Nc1ccc(Cc2ccc(NC(=O)NCN(CCCCCCC)CCCCCCC)cc2)cc1. The Morgan fingerprint density at radius 2 is 0.698 bits per heavy atom. The summed E-state index contributed by atoms with van der Waals surface area (Å²) in [5.74, 6) is 0. The standard InChI is InChI=1S/C45H78N6O2/c1-5-9-13-17-21-33-50(34-22-18-14-10-6-2)38-46-44(52)48-42-29-25-40(26-30-42)37-41-27-31-43(32-28-41)49-45(53)47-39-51(35-23-19-15-11-7-3)36-24-20-16-12-8-4/h25-32H,5-24,33-39H2,1-4H3,(H2,46,48,52)(H2,47,49,53). The number of unbranched alkanes of at least 4 members (excludes halogenated alkanes) is 16. The van der Waals surface area contributed by atoms with Gasteiger partial charge in [0.05, 0.1) is 13.3 Å². The zero-order valence-electron chi connectivity index (χ0n) is 34.4. The average Bonchev–Trinajstić information content (AvgIpc) is 3.16. The van der Waals surface area contributed by atoms with Crippen molar-refractivity contribution >= 4 is 23.4 Å². The molecular weight excluding hydrogens is 657 g/mol. The molecule has 300 valence electrons. The van der Waals surface area contributed by atoms with Gasteiger partial charge in [0.1, 0.15) is 0 Å². The van der Waals surface area contributed by atoms with Crippen molar-refractivity contribution in [1.29, 1.82) is 0 Å². The molecule has 0 atom stereocenters. The van der Waals surface area contributed by atoms with Crippen LogP contribution in [0.3, 0.4) is 0 Å². The average molecular weight is 735 g/mol. The second kappa shape index (κ2) is 31.3. The van der Waals surface area contributed by atoms with Gasteiger partial charge in [-0.3, -0.25) is 9.80 Å². The molecule has 4 N–H and O–H groups in total. The van der Waals surface area contributed by atoms with Crippen molar-refractivity contribution in [1.82, 2.24) is 20.4 Å². The van der Waals surface area contributed by atoms with Crippen LogP contribution >= 0.6 is 0 Å². The van der Waals surface area contributed by atoms with Crippen LogP contribution < -0.4 is 21.3 Å². The number of hydrogen-bond donors (Lipinski definition) is 4. The van der Waals surface area contributed by atoms with E-state index < -0.39 is 0 Å². The van der Waals surface area contributed by atoms with Gasteiger partial charge in [0.25, 0.3) is 0 Å². The lowest BCUT2D eigenvalue weighted by atomic mass is 10.0. The molecule has 0 aromatic heterocycles. The number of benzene rings is 2. The predicted molar refractivity (Wildman–Crippen MR) is 228 cm³/mol. The first-order valence-electron chi connectivity index (χ1n) is 21.7. The number of hydrogen-bond acceptors (Lipinski definition) is 4. The number of urea groups is 2. The highest BCUT2D eigenvalue weighted by molar-refractivity contribution is 5.89. The molecule has 2 aromatic carbocycles. The molecule has 0 aliphatic heterocycles. The fourth-order valence-corrected chi connectivity index (χ4v) is 6.66. The number of rotatable bonds is 32. The zero-order chi connectivity index (χ0) is 38.2. The monoisotopic (exact) mass is 735 g/mol. The molecule has 0 radical (unpaired) electrons. The Morgan fingerprint density at radius 3 is 0.981 bits per heavy atom. The highest BCUT2D eigenvalue weighted by Gasteiger charge is 2.10. The lowest BCUT2D eigenvalue weighted by Gasteiger charge is -2.23. The Hall–Kier alpha value is -3.10. The van der Waals surface area contributed by atoms with Gasteiger partial charge in [-0.1, -0.05) is 155 Å². The van der Waals surface area contributed by atoms with Gasteiger partial charge in [0.2, 0.25) is 0 Å². The first kappa shape index (κ1) is 46.1. The topological polar surface area (TPSA) is 88.7 Å². The molecule has 0 bridgehead atoms. The number of carbonyl (C=O) groups is 2. The molecule has 0 aliphatic carbocycles. The Kier molecular flexibility index (Phi) is 27.2. The number of anilines is 2. The Balaban J connectivity index is 1.77. The summed E-state index contributed by atoms with van der Waals surface area (Å²) in [6.45, 7) is 14.3. The van der Waals surface area contributed by atoms with E-state index in [1.54, 1.807) is 0 Å². The fourth-order valence-electron chi connectivity index (χ4n) is 6.66. The number of nitrogens with zero attached hydrogens (tertiary/aromatic N) is 2. The van der Waals surface area contributed by atoms with Gasteiger partial charge in [-0.05, 0) is 93.7 Å². The maximum absolute atomic E-state index is 12.8. The van der Waals surface area contributed by atoms with Crippen LogP contribution in [0.4, 0.5) is 21.0 Å². The third-order valence-electron chi connectivity index (χ3n) is 10.1. The quantitative estimate of drug-likeness (QED) is 0.0445. The highest BCUT2D eigenvalue weighted by atomic mass is 16.2. The van der Waals surface area contributed by atoms with Crippen molar-refractivity contribution in [3.63, 3.8) is 0 Å². The van der Waals surface area contributed by atoms with Crippen LogP contribution in [-0.4, -0.2) is 61.4 Å². The largest absolute Gasteiger partial charge is 0.325 e. The molecule has 53 heavy (non-hydrogen) atoms. The van der Waals surface area contributed by atoms with E-state index >= 15 is 0 Å². The predicted octanol–water partition coefficient (Wildman–Crippen LogP) is 11.9. The van der Waals surface area contributed by atoms with E-state index in [1.807, 2.05) is 24.3 Å². The van der Waals surface area contributed by atoms with Gasteiger partial charge >= 0.3 is 12.1 Å². The van der Waals surface area contributed by atoms with Crippen molar-refractivity contribution in [2.45, 2.75) is 163 Å². The maximum atomic E-state index is 12.8. The van der Waals surface area contributed by atoms with E-state index in [4.69, 9.17) is 0 Å². The minimum Gasteiger partial charge on any atom is -0.325 e. The van der Waals surface area contributed by atoms with Crippen LogP contribution in [-0.2, 0) is 6.42 Å². The van der Waals surface area contributed by atoms with Gasteiger partial charge in [-0.25, -0.2) is 9.59 Å². The lowest BCUT2D eigenvalue weighted by Crippen LogP contribution is -2.40. The minimum atomic E-state index is -0.163. The molecule has 0 saturated carbocycles. The molecule has 0 aliphatic rings. The van der Waals surface area contributed by atoms with Crippen LogP contribution in [0.1, 0.15) is 167 Å². The summed E-state index contributed by atoms with van der Waals surface area (Å²) in [7, 11) is 0. The van der Waals surface area contributed by atoms with Gasteiger partial charge in [-0.15, -0.1) is 0 Å². The van der Waals surface area contributed by atoms with Gasteiger partial charge < -0.3 is 21.3 Å². The van der Waals surface area contributed by atoms with E-state index in [0.717, 1.165) is 55.1 Å². The molecule has 4 amide bonds. The Morgan fingerprint density at radius 1 is 0.415 bits per heavy atom. The first-order chi connectivity index (χ1) is 26.0. The van der Waals surface area contributed by atoms with E-state index in [0.29, 0.717) is 13.3 Å². The molecule has 8 heteroatoms. The summed E-state index contributed by atoms with van der Waals surface area (Å²) >= 11 is 0. The fraction of sp³-hybridized carbons (Fsp3) is 0.689. The summed E-state index contributed by atoms with van der Waals surface area (Å²) in [6, 6.07) is 15.8. The first-order valence-corrected chi connectivity index (χ1v) is 21.7. The van der Waals surface area contributed by atoms with Crippen LogP contribution in [0.25, 0.3) is 0 Å². The summed E-state index contributed by atoms with van der Waals surface area (Å²) in [4.78, 5) is 30.3.